The predicted octanol–water partition coefficient (Wildman–Crippen LogP) is 3.75. The number of hydrogen-bond acceptors (Lipinski definition) is 3. The fourth-order valence-electron chi connectivity index (χ4n) is 2.90. The summed E-state index contributed by atoms with van der Waals surface area (Å²) in [5.41, 5.74) is 1.33. The zero-order chi connectivity index (χ0) is 14.4. The molecule has 1 fully saturated rings. The Morgan fingerprint density at radius 1 is 1.25 bits per heavy atom. The van der Waals surface area contributed by atoms with Crippen LogP contribution in [0.25, 0.3) is 0 Å². The van der Waals surface area contributed by atoms with Gasteiger partial charge in [0.15, 0.2) is 0 Å². The average molecular weight is 276 g/mol. The van der Waals surface area contributed by atoms with Crippen LogP contribution in [0.4, 0.5) is 0 Å². The van der Waals surface area contributed by atoms with E-state index in [0.29, 0.717) is 12.3 Å². The molecule has 1 aromatic rings. The molecule has 0 aromatic heterocycles. The highest BCUT2D eigenvalue weighted by molar-refractivity contribution is 5.69. The van der Waals surface area contributed by atoms with Gasteiger partial charge in [-0.05, 0) is 56.2 Å². The maximum absolute atomic E-state index is 11.5. The third-order valence-electron chi connectivity index (χ3n) is 3.92. The Hall–Kier alpha value is -1.51. The van der Waals surface area contributed by atoms with Crippen LogP contribution in [0.15, 0.2) is 24.3 Å². The zero-order valence-electron chi connectivity index (χ0n) is 12.4. The van der Waals surface area contributed by atoms with Crippen LogP contribution in [0.5, 0.6) is 5.75 Å². The van der Waals surface area contributed by atoms with Crippen molar-refractivity contribution in [3.8, 4) is 5.75 Å². The first-order chi connectivity index (χ1) is 9.67. The monoisotopic (exact) mass is 276 g/mol. The molecule has 1 aliphatic rings. The van der Waals surface area contributed by atoms with Gasteiger partial charge in [-0.3, -0.25) is 4.79 Å². The van der Waals surface area contributed by atoms with E-state index in [1.165, 1.54) is 12.0 Å². The second kappa shape index (κ2) is 7.32. The molecule has 1 aromatic carbocycles. The summed E-state index contributed by atoms with van der Waals surface area (Å²) in [6, 6.07) is 8.27. The van der Waals surface area contributed by atoms with Crippen molar-refractivity contribution in [2.24, 2.45) is 5.92 Å². The van der Waals surface area contributed by atoms with Crippen molar-refractivity contribution >= 4 is 5.97 Å². The fraction of sp³-hybridized carbons (Fsp3) is 0.588. The van der Waals surface area contributed by atoms with Gasteiger partial charge in [0.05, 0.1) is 13.2 Å². The summed E-state index contributed by atoms with van der Waals surface area (Å²) in [7, 11) is 1.68. The van der Waals surface area contributed by atoms with Crippen LogP contribution < -0.4 is 4.74 Å². The number of rotatable bonds is 3. The first kappa shape index (κ1) is 14.9. The molecule has 2 unspecified atom stereocenters. The number of carbonyl (C=O) groups excluding carboxylic acids is 1. The Labute approximate surface area is 121 Å². The van der Waals surface area contributed by atoms with Crippen molar-refractivity contribution in [2.75, 3.05) is 7.11 Å². The first-order valence-corrected chi connectivity index (χ1v) is 7.50. The van der Waals surface area contributed by atoms with Crippen LogP contribution in [0, 0.1) is 5.92 Å². The van der Waals surface area contributed by atoms with Crippen molar-refractivity contribution < 1.29 is 14.3 Å². The summed E-state index contributed by atoms with van der Waals surface area (Å²) in [6.45, 7) is 2.00. The molecule has 0 amide bonds. The molecule has 2 rings (SSSR count). The Morgan fingerprint density at radius 3 is 2.70 bits per heavy atom. The van der Waals surface area contributed by atoms with Crippen molar-refractivity contribution in [1.29, 1.82) is 0 Å². The lowest BCUT2D eigenvalue weighted by Gasteiger charge is -2.20. The average Bonchev–Trinajstić information content (AvgIpc) is 2.50. The second-order valence-corrected chi connectivity index (χ2v) is 5.70. The SMILES string of the molecule is COc1ccc(CC2CCCCC(=O)OC(C)C2)cc1. The van der Waals surface area contributed by atoms with Crippen molar-refractivity contribution in [1.82, 2.24) is 0 Å². The molecule has 3 nitrogen and oxygen atoms in total. The van der Waals surface area contributed by atoms with Crippen LogP contribution in [0.1, 0.15) is 44.6 Å². The van der Waals surface area contributed by atoms with Gasteiger partial charge >= 0.3 is 5.97 Å². The van der Waals surface area contributed by atoms with E-state index < -0.39 is 0 Å². The van der Waals surface area contributed by atoms with Crippen LogP contribution in [0.2, 0.25) is 0 Å². The van der Waals surface area contributed by atoms with Gasteiger partial charge in [-0.25, -0.2) is 0 Å². The molecule has 3 heteroatoms. The quantitative estimate of drug-likeness (QED) is 0.789. The number of ether oxygens (including phenoxy) is 2. The number of methoxy groups -OCH3 is 1. The third-order valence-corrected chi connectivity index (χ3v) is 3.92. The second-order valence-electron chi connectivity index (χ2n) is 5.70. The van der Waals surface area contributed by atoms with Crippen molar-refractivity contribution in [2.45, 2.75) is 51.6 Å². The summed E-state index contributed by atoms with van der Waals surface area (Å²) in [6.07, 6.45) is 5.84. The van der Waals surface area contributed by atoms with Crippen LogP contribution in [0.3, 0.4) is 0 Å². The number of cyclic esters (lactones) is 1. The Balaban J connectivity index is 1.96. The molecule has 0 bridgehead atoms. The number of esters is 1. The van der Waals surface area contributed by atoms with E-state index in [9.17, 15) is 4.79 Å². The largest absolute Gasteiger partial charge is 0.497 e. The van der Waals surface area contributed by atoms with Crippen LogP contribution in [-0.2, 0) is 16.0 Å². The summed E-state index contributed by atoms with van der Waals surface area (Å²) in [5.74, 6) is 1.44. The fourth-order valence-corrected chi connectivity index (χ4v) is 2.90. The first-order valence-electron chi connectivity index (χ1n) is 7.50. The number of carbonyl (C=O) groups is 1. The molecular weight excluding hydrogens is 252 g/mol. The van der Waals surface area contributed by atoms with Gasteiger partial charge in [-0.1, -0.05) is 18.6 Å². The Kier molecular flexibility index (Phi) is 5.45. The Morgan fingerprint density at radius 2 is 2.00 bits per heavy atom. The van der Waals surface area contributed by atoms with Gasteiger partial charge in [-0.15, -0.1) is 0 Å². The van der Waals surface area contributed by atoms with Gasteiger partial charge in [0, 0.05) is 6.42 Å². The molecule has 1 saturated heterocycles. The summed E-state index contributed by atoms with van der Waals surface area (Å²) in [4.78, 5) is 11.5. The molecule has 0 spiro atoms. The summed E-state index contributed by atoms with van der Waals surface area (Å²) in [5, 5.41) is 0. The topological polar surface area (TPSA) is 35.5 Å². The molecule has 20 heavy (non-hydrogen) atoms. The minimum Gasteiger partial charge on any atom is -0.497 e. The standard InChI is InChI=1S/C17H24O3/c1-13-11-15(5-3-4-6-17(18)20-13)12-14-7-9-16(19-2)10-8-14/h7-10,13,15H,3-6,11-12H2,1-2H3. The lowest BCUT2D eigenvalue weighted by atomic mass is 9.89. The highest BCUT2D eigenvalue weighted by Crippen LogP contribution is 2.25. The van der Waals surface area contributed by atoms with E-state index in [4.69, 9.17) is 9.47 Å². The van der Waals surface area contributed by atoms with E-state index in [0.717, 1.165) is 31.4 Å². The van der Waals surface area contributed by atoms with Gasteiger partial charge in [-0.2, -0.15) is 0 Å². The van der Waals surface area contributed by atoms with Gasteiger partial charge < -0.3 is 9.47 Å². The summed E-state index contributed by atoms with van der Waals surface area (Å²) < 4.78 is 10.6. The minimum absolute atomic E-state index is 0.0313. The molecule has 2 atom stereocenters. The number of benzene rings is 1. The predicted molar refractivity (Wildman–Crippen MR) is 78.8 cm³/mol. The van der Waals surface area contributed by atoms with Gasteiger partial charge in [0.1, 0.15) is 5.75 Å². The maximum atomic E-state index is 11.5. The molecule has 0 radical (unpaired) electrons. The van der Waals surface area contributed by atoms with E-state index in [2.05, 4.69) is 12.1 Å². The van der Waals surface area contributed by atoms with E-state index >= 15 is 0 Å². The third kappa shape index (κ3) is 4.55. The van der Waals surface area contributed by atoms with Gasteiger partial charge in [0.25, 0.3) is 0 Å². The molecular formula is C17H24O3. The van der Waals surface area contributed by atoms with Crippen LogP contribution in [-0.4, -0.2) is 19.2 Å². The Bertz CT molecular complexity index is 424. The number of hydrogen-bond donors (Lipinski definition) is 0. The smallest absolute Gasteiger partial charge is 0.306 e. The zero-order valence-corrected chi connectivity index (χ0v) is 12.4. The molecule has 1 heterocycles. The molecule has 0 aliphatic carbocycles. The highest BCUT2D eigenvalue weighted by atomic mass is 16.5. The molecule has 110 valence electrons. The molecule has 0 saturated carbocycles. The molecule has 0 N–H and O–H groups in total. The molecule has 1 aliphatic heterocycles. The van der Waals surface area contributed by atoms with E-state index in [1.807, 2.05) is 19.1 Å². The maximum Gasteiger partial charge on any atom is 0.306 e. The van der Waals surface area contributed by atoms with Crippen molar-refractivity contribution in [3.05, 3.63) is 29.8 Å². The summed E-state index contributed by atoms with van der Waals surface area (Å²) >= 11 is 0. The van der Waals surface area contributed by atoms with E-state index in [1.54, 1.807) is 7.11 Å². The van der Waals surface area contributed by atoms with Crippen LogP contribution >= 0.6 is 0 Å². The van der Waals surface area contributed by atoms with Gasteiger partial charge in [0.2, 0.25) is 0 Å². The highest BCUT2D eigenvalue weighted by Gasteiger charge is 2.19. The lowest BCUT2D eigenvalue weighted by molar-refractivity contribution is -0.148. The normalized spacial score (nSPS) is 24.2. The minimum atomic E-state index is -0.0393. The van der Waals surface area contributed by atoms with Crippen molar-refractivity contribution in [3.63, 3.8) is 0 Å². The lowest BCUT2D eigenvalue weighted by Crippen LogP contribution is -2.18. The van der Waals surface area contributed by atoms with E-state index in [-0.39, 0.29) is 12.1 Å².